The van der Waals surface area contributed by atoms with Crippen LogP contribution in [0.25, 0.3) is 0 Å². The monoisotopic (exact) mass is 166 g/mol. The summed E-state index contributed by atoms with van der Waals surface area (Å²) in [7, 11) is 0. The van der Waals surface area contributed by atoms with Gasteiger partial charge < -0.3 is 5.11 Å². The number of allylic oxidation sites excluding steroid dienone is 3. The van der Waals surface area contributed by atoms with Crippen molar-refractivity contribution >= 4 is 5.78 Å². The highest BCUT2D eigenvalue weighted by atomic mass is 16.3. The van der Waals surface area contributed by atoms with E-state index < -0.39 is 0 Å². The van der Waals surface area contributed by atoms with Crippen molar-refractivity contribution in [3.63, 3.8) is 0 Å². The fraction of sp³-hybridized carbons (Fsp3) is 0.500. The van der Waals surface area contributed by atoms with Crippen molar-refractivity contribution in [3.8, 4) is 0 Å². The largest absolute Gasteiger partial charge is 0.392 e. The Bertz CT molecular complexity index is 259. The Labute approximate surface area is 72.6 Å². The zero-order valence-electron chi connectivity index (χ0n) is 7.55. The lowest BCUT2D eigenvalue weighted by atomic mass is 9.91. The molecule has 0 aromatic carbocycles. The molecule has 1 aliphatic rings. The normalized spacial score (nSPS) is 22.2. The summed E-state index contributed by atoms with van der Waals surface area (Å²) in [5, 5.41) is 8.85. The second kappa shape index (κ2) is 3.68. The fourth-order valence-corrected chi connectivity index (χ4v) is 1.23. The molecule has 0 bridgehead atoms. The number of carbonyl (C=O) groups is 1. The van der Waals surface area contributed by atoms with Crippen molar-refractivity contribution in [2.75, 3.05) is 6.61 Å². The highest BCUT2D eigenvalue weighted by Crippen LogP contribution is 2.22. The molecule has 0 spiro atoms. The predicted octanol–water partition coefficient (Wildman–Crippen LogP) is 1.60. The Balaban J connectivity index is 2.84. The van der Waals surface area contributed by atoms with Crippen molar-refractivity contribution < 1.29 is 9.90 Å². The van der Waals surface area contributed by atoms with E-state index in [-0.39, 0.29) is 12.4 Å². The third-order valence-electron chi connectivity index (χ3n) is 2.31. The summed E-state index contributed by atoms with van der Waals surface area (Å²) in [6.45, 7) is 3.78. The van der Waals surface area contributed by atoms with Gasteiger partial charge in [-0.1, -0.05) is 11.6 Å². The lowest BCUT2D eigenvalue weighted by Gasteiger charge is -2.13. The molecule has 0 saturated heterocycles. The van der Waals surface area contributed by atoms with E-state index in [9.17, 15) is 4.79 Å². The van der Waals surface area contributed by atoms with Gasteiger partial charge in [0.25, 0.3) is 0 Å². The smallest absolute Gasteiger partial charge is 0.162 e. The Morgan fingerprint density at radius 2 is 2.33 bits per heavy atom. The molecule has 0 amide bonds. The maximum atomic E-state index is 11.2. The first kappa shape index (κ1) is 9.20. The third kappa shape index (κ3) is 1.83. The van der Waals surface area contributed by atoms with Crippen LogP contribution in [0.15, 0.2) is 22.8 Å². The van der Waals surface area contributed by atoms with Crippen molar-refractivity contribution in [1.29, 1.82) is 0 Å². The third-order valence-corrected chi connectivity index (χ3v) is 2.31. The summed E-state index contributed by atoms with van der Waals surface area (Å²) in [6.07, 6.45) is 3.25. The Hall–Kier alpha value is -0.890. The van der Waals surface area contributed by atoms with Crippen LogP contribution in [0.4, 0.5) is 0 Å². The molecule has 0 radical (unpaired) electrons. The molecule has 0 aromatic rings. The minimum atomic E-state index is 0.0650. The highest BCUT2D eigenvalue weighted by molar-refractivity contribution is 5.97. The number of rotatable bonds is 1. The van der Waals surface area contributed by atoms with Crippen LogP contribution >= 0.6 is 0 Å². The van der Waals surface area contributed by atoms with E-state index >= 15 is 0 Å². The molecule has 0 unspecified atom stereocenters. The molecule has 1 rings (SSSR count). The van der Waals surface area contributed by atoms with Gasteiger partial charge in [0.15, 0.2) is 5.78 Å². The van der Waals surface area contributed by atoms with Crippen LogP contribution in [-0.4, -0.2) is 17.5 Å². The van der Waals surface area contributed by atoms with Crippen LogP contribution in [0.3, 0.4) is 0 Å². The van der Waals surface area contributed by atoms with Gasteiger partial charge in [0.1, 0.15) is 0 Å². The van der Waals surface area contributed by atoms with Gasteiger partial charge in [-0.15, -0.1) is 0 Å². The number of hydrogen-bond donors (Lipinski definition) is 1. The zero-order chi connectivity index (χ0) is 9.14. The molecule has 1 N–H and O–H groups in total. The molecule has 2 heteroatoms. The van der Waals surface area contributed by atoms with Gasteiger partial charge in [0.05, 0.1) is 6.61 Å². The molecule has 0 aliphatic heterocycles. The Morgan fingerprint density at radius 3 is 2.83 bits per heavy atom. The average molecular weight is 166 g/mol. The van der Waals surface area contributed by atoms with Crippen LogP contribution in [0.5, 0.6) is 0 Å². The maximum absolute atomic E-state index is 11.2. The molecular weight excluding hydrogens is 152 g/mol. The Kier molecular flexibility index (Phi) is 2.82. The molecule has 0 heterocycles. The SMILES string of the molecule is CC1=CCC(=C(C)CO)CC1=O. The van der Waals surface area contributed by atoms with Crippen LogP contribution in [0.2, 0.25) is 0 Å². The predicted molar refractivity (Wildman–Crippen MR) is 47.8 cm³/mol. The van der Waals surface area contributed by atoms with E-state index in [0.29, 0.717) is 6.42 Å². The first-order valence-corrected chi connectivity index (χ1v) is 4.13. The average Bonchev–Trinajstić information content (AvgIpc) is 2.08. The second-order valence-corrected chi connectivity index (χ2v) is 3.23. The van der Waals surface area contributed by atoms with Gasteiger partial charge in [-0.25, -0.2) is 0 Å². The van der Waals surface area contributed by atoms with Gasteiger partial charge in [0.2, 0.25) is 0 Å². The Morgan fingerprint density at radius 1 is 1.67 bits per heavy atom. The number of ketones is 1. The first-order chi connectivity index (χ1) is 5.65. The van der Waals surface area contributed by atoms with E-state index in [1.807, 2.05) is 19.9 Å². The number of aliphatic hydroxyl groups is 1. The van der Waals surface area contributed by atoms with Crippen molar-refractivity contribution in [3.05, 3.63) is 22.8 Å². The minimum absolute atomic E-state index is 0.0650. The summed E-state index contributed by atoms with van der Waals surface area (Å²) < 4.78 is 0. The molecule has 0 atom stereocenters. The van der Waals surface area contributed by atoms with E-state index in [1.54, 1.807) is 0 Å². The standard InChI is InChI=1S/C10H14O2/c1-7-3-4-9(5-10(7)12)8(2)6-11/h3,11H,4-6H2,1-2H3. The summed E-state index contributed by atoms with van der Waals surface area (Å²) in [6, 6.07) is 0. The zero-order valence-corrected chi connectivity index (χ0v) is 7.55. The number of Topliss-reactive ketones (excluding diaryl/α,β-unsaturated/α-hetero) is 1. The fourth-order valence-electron chi connectivity index (χ4n) is 1.23. The highest BCUT2D eigenvalue weighted by Gasteiger charge is 2.14. The molecule has 1 aliphatic carbocycles. The van der Waals surface area contributed by atoms with Crippen molar-refractivity contribution in [1.82, 2.24) is 0 Å². The molecule has 2 nitrogen and oxygen atoms in total. The molecule has 12 heavy (non-hydrogen) atoms. The van der Waals surface area contributed by atoms with Crippen LogP contribution in [-0.2, 0) is 4.79 Å². The molecule has 0 saturated carbocycles. The van der Waals surface area contributed by atoms with Gasteiger partial charge in [-0.2, -0.15) is 0 Å². The van der Waals surface area contributed by atoms with Gasteiger partial charge in [-0.3, -0.25) is 4.79 Å². The van der Waals surface area contributed by atoms with E-state index in [4.69, 9.17) is 5.11 Å². The van der Waals surface area contributed by atoms with E-state index in [0.717, 1.165) is 23.1 Å². The van der Waals surface area contributed by atoms with Gasteiger partial charge >= 0.3 is 0 Å². The molecule has 0 aromatic heterocycles. The van der Waals surface area contributed by atoms with Gasteiger partial charge in [0, 0.05) is 6.42 Å². The van der Waals surface area contributed by atoms with Gasteiger partial charge in [-0.05, 0) is 31.4 Å². The lowest BCUT2D eigenvalue weighted by Crippen LogP contribution is -2.08. The molecule has 0 fully saturated rings. The molecule has 66 valence electrons. The van der Waals surface area contributed by atoms with Crippen LogP contribution < -0.4 is 0 Å². The first-order valence-electron chi connectivity index (χ1n) is 4.13. The maximum Gasteiger partial charge on any atom is 0.162 e. The quantitative estimate of drug-likeness (QED) is 0.601. The van der Waals surface area contributed by atoms with Crippen molar-refractivity contribution in [2.45, 2.75) is 26.7 Å². The lowest BCUT2D eigenvalue weighted by molar-refractivity contribution is -0.115. The molecular formula is C10H14O2. The summed E-state index contributed by atoms with van der Waals surface area (Å²) in [4.78, 5) is 11.2. The number of aliphatic hydroxyl groups excluding tert-OH is 1. The van der Waals surface area contributed by atoms with Crippen LogP contribution in [0, 0.1) is 0 Å². The second-order valence-electron chi connectivity index (χ2n) is 3.23. The number of hydrogen-bond acceptors (Lipinski definition) is 2. The van der Waals surface area contributed by atoms with Crippen LogP contribution in [0.1, 0.15) is 26.7 Å². The van der Waals surface area contributed by atoms with Crippen molar-refractivity contribution in [2.24, 2.45) is 0 Å². The van der Waals surface area contributed by atoms with E-state index in [2.05, 4.69) is 0 Å². The summed E-state index contributed by atoms with van der Waals surface area (Å²) in [5.74, 6) is 0.184. The summed E-state index contributed by atoms with van der Waals surface area (Å²) >= 11 is 0. The summed E-state index contributed by atoms with van der Waals surface area (Å²) in [5.41, 5.74) is 2.87. The van der Waals surface area contributed by atoms with E-state index in [1.165, 1.54) is 0 Å². The number of carbonyl (C=O) groups excluding carboxylic acids is 1. The minimum Gasteiger partial charge on any atom is -0.392 e. The topological polar surface area (TPSA) is 37.3 Å².